The number of benzene rings is 2. The standard InChI is InChI=1S/C34H40N2O5/c1-3-39-34(38)28-22(2)41-33-26-13-12-25(40-21-23-10-6-4-7-11-23)20-27(26)32(37)30(29(28)33)31(24-14-16-35-17-15-24)36-18-8-5-9-19-36/h12-17,20,23,31,37H,3-11,18-19,21H2,1-2H3. The van der Waals surface area contributed by atoms with Gasteiger partial charge in [0.15, 0.2) is 0 Å². The van der Waals surface area contributed by atoms with Gasteiger partial charge in [0.2, 0.25) is 0 Å². The van der Waals surface area contributed by atoms with Crippen LogP contribution in [0.15, 0.2) is 47.1 Å². The average Bonchev–Trinajstić information content (AvgIpc) is 3.36. The third-order valence-electron chi connectivity index (χ3n) is 8.84. The molecule has 7 nitrogen and oxygen atoms in total. The summed E-state index contributed by atoms with van der Waals surface area (Å²) in [5.41, 5.74) is 2.65. The second-order valence-corrected chi connectivity index (χ2v) is 11.5. The molecule has 0 radical (unpaired) electrons. The number of fused-ring (bicyclic) bond motifs is 3. The molecule has 0 spiro atoms. The van der Waals surface area contributed by atoms with Crippen LogP contribution in [-0.4, -0.2) is 47.3 Å². The Labute approximate surface area is 241 Å². The van der Waals surface area contributed by atoms with E-state index in [9.17, 15) is 9.90 Å². The predicted octanol–water partition coefficient (Wildman–Crippen LogP) is 7.71. The van der Waals surface area contributed by atoms with E-state index in [0.717, 1.165) is 42.6 Å². The van der Waals surface area contributed by atoms with Gasteiger partial charge in [-0.1, -0.05) is 25.7 Å². The maximum absolute atomic E-state index is 13.4. The molecule has 1 aliphatic heterocycles. The summed E-state index contributed by atoms with van der Waals surface area (Å²) in [5.74, 6) is 1.49. The van der Waals surface area contributed by atoms with E-state index in [0.29, 0.717) is 45.8 Å². The van der Waals surface area contributed by atoms with Crippen LogP contribution < -0.4 is 4.74 Å². The van der Waals surface area contributed by atoms with Crippen molar-refractivity contribution < 1.29 is 23.8 Å². The Morgan fingerprint density at radius 2 is 1.78 bits per heavy atom. The van der Waals surface area contributed by atoms with Crippen LogP contribution in [0.4, 0.5) is 0 Å². The Kier molecular flexibility index (Phi) is 8.15. The van der Waals surface area contributed by atoms with E-state index in [1.165, 1.54) is 38.5 Å². The molecular weight excluding hydrogens is 516 g/mol. The number of hydrogen-bond donors (Lipinski definition) is 1. The number of aromatic hydroxyl groups is 1. The smallest absolute Gasteiger partial charge is 0.342 e. The highest BCUT2D eigenvalue weighted by atomic mass is 16.5. The third kappa shape index (κ3) is 5.40. The van der Waals surface area contributed by atoms with Gasteiger partial charge in [-0.2, -0.15) is 0 Å². The lowest BCUT2D eigenvalue weighted by Gasteiger charge is -2.36. The number of aromatic nitrogens is 1. The van der Waals surface area contributed by atoms with Crippen molar-refractivity contribution in [2.45, 2.75) is 71.3 Å². The number of likely N-dealkylation sites (tertiary alicyclic amines) is 1. The molecule has 1 aliphatic carbocycles. The zero-order chi connectivity index (χ0) is 28.3. The highest BCUT2D eigenvalue weighted by Crippen LogP contribution is 2.48. The fraction of sp³-hybridized carbons (Fsp3) is 0.471. The molecule has 1 N–H and O–H groups in total. The maximum atomic E-state index is 13.4. The van der Waals surface area contributed by atoms with E-state index in [-0.39, 0.29) is 18.4 Å². The van der Waals surface area contributed by atoms with Gasteiger partial charge in [0.05, 0.1) is 19.3 Å². The molecule has 1 saturated carbocycles. The molecule has 41 heavy (non-hydrogen) atoms. The fourth-order valence-corrected chi connectivity index (χ4v) is 6.83. The van der Waals surface area contributed by atoms with Crippen LogP contribution in [0, 0.1) is 12.8 Å². The van der Waals surface area contributed by atoms with Crippen LogP contribution in [0.5, 0.6) is 11.5 Å². The topological polar surface area (TPSA) is 85.0 Å². The Morgan fingerprint density at radius 3 is 2.51 bits per heavy atom. The van der Waals surface area contributed by atoms with Crippen molar-refractivity contribution in [2.75, 3.05) is 26.3 Å². The number of phenolic OH excluding ortho intramolecular Hbond substituents is 1. The second-order valence-electron chi connectivity index (χ2n) is 11.5. The third-order valence-corrected chi connectivity index (χ3v) is 8.84. The van der Waals surface area contributed by atoms with E-state index in [2.05, 4.69) is 9.88 Å². The van der Waals surface area contributed by atoms with Gasteiger partial charge in [0, 0.05) is 34.1 Å². The van der Waals surface area contributed by atoms with Crippen LogP contribution >= 0.6 is 0 Å². The quantitative estimate of drug-likeness (QED) is 0.223. The first-order valence-corrected chi connectivity index (χ1v) is 15.2. The molecule has 216 valence electrons. The number of furan rings is 1. The van der Waals surface area contributed by atoms with Gasteiger partial charge in [-0.15, -0.1) is 0 Å². The summed E-state index contributed by atoms with van der Waals surface area (Å²) < 4.78 is 18.1. The summed E-state index contributed by atoms with van der Waals surface area (Å²) in [5, 5.41) is 14.2. The number of piperidine rings is 1. The minimum atomic E-state index is -0.441. The first-order chi connectivity index (χ1) is 20.1. The van der Waals surface area contributed by atoms with Crippen molar-refractivity contribution in [1.82, 2.24) is 9.88 Å². The number of aryl methyl sites for hydroxylation is 1. The molecule has 4 aromatic rings. The van der Waals surface area contributed by atoms with Crippen molar-refractivity contribution in [2.24, 2.45) is 5.92 Å². The van der Waals surface area contributed by atoms with Crippen molar-refractivity contribution in [3.63, 3.8) is 0 Å². The molecule has 2 fully saturated rings. The molecule has 2 aliphatic rings. The maximum Gasteiger partial charge on any atom is 0.342 e. The number of rotatable bonds is 8. The molecule has 1 atom stereocenters. The van der Waals surface area contributed by atoms with Crippen LogP contribution in [-0.2, 0) is 4.74 Å². The van der Waals surface area contributed by atoms with E-state index < -0.39 is 5.97 Å². The Balaban J connectivity index is 1.57. The van der Waals surface area contributed by atoms with Crippen molar-refractivity contribution in [3.8, 4) is 11.5 Å². The Hall–Kier alpha value is -3.58. The number of phenols is 1. The van der Waals surface area contributed by atoms with Gasteiger partial charge in [-0.05, 0) is 94.4 Å². The number of pyridine rings is 1. The number of carbonyl (C=O) groups is 1. The number of nitrogens with zero attached hydrogens (tertiary/aromatic N) is 2. The Bertz CT molecular complexity index is 1520. The number of ether oxygens (including phenoxy) is 2. The lowest BCUT2D eigenvalue weighted by molar-refractivity contribution is 0.0526. The van der Waals surface area contributed by atoms with Gasteiger partial charge in [-0.3, -0.25) is 9.88 Å². The predicted molar refractivity (Wildman–Crippen MR) is 160 cm³/mol. The van der Waals surface area contributed by atoms with E-state index in [4.69, 9.17) is 13.9 Å². The van der Waals surface area contributed by atoms with Crippen LogP contribution in [0.2, 0.25) is 0 Å². The summed E-state index contributed by atoms with van der Waals surface area (Å²) in [6.07, 6.45) is 13.1. The summed E-state index contributed by atoms with van der Waals surface area (Å²) in [6.45, 7) is 6.31. The molecule has 3 heterocycles. The lowest BCUT2D eigenvalue weighted by Crippen LogP contribution is -2.34. The average molecular weight is 557 g/mol. The second kappa shape index (κ2) is 12.1. The summed E-state index contributed by atoms with van der Waals surface area (Å²) >= 11 is 0. The van der Waals surface area contributed by atoms with E-state index in [1.54, 1.807) is 26.2 Å². The lowest BCUT2D eigenvalue weighted by atomic mass is 9.88. The minimum absolute atomic E-state index is 0.148. The molecule has 1 unspecified atom stereocenters. The van der Waals surface area contributed by atoms with Crippen molar-refractivity contribution >= 4 is 27.7 Å². The van der Waals surface area contributed by atoms with Gasteiger partial charge in [-0.25, -0.2) is 4.79 Å². The number of esters is 1. The van der Waals surface area contributed by atoms with Crippen molar-refractivity contribution in [1.29, 1.82) is 0 Å². The molecule has 1 saturated heterocycles. The molecule has 0 amide bonds. The minimum Gasteiger partial charge on any atom is -0.507 e. The monoisotopic (exact) mass is 556 g/mol. The van der Waals surface area contributed by atoms with Crippen LogP contribution in [0.1, 0.15) is 91.6 Å². The first kappa shape index (κ1) is 27.6. The van der Waals surface area contributed by atoms with Gasteiger partial charge in [0.25, 0.3) is 0 Å². The first-order valence-electron chi connectivity index (χ1n) is 15.2. The van der Waals surface area contributed by atoms with E-state index >= 15 is 0 Å². The SMILES string of the molecule is CCOC(=O)c1c(C)oc2c1c(C(c1ccncc1)N1CCCCC1)c(O)c1cc(OCC3CCCCC3)ccc12. The van der Waals surface area contributed by atoms with Crippen LogP contribution in [0.3, 0.4) is 0 Å². The molecule has 7 heteroatoms. The summed E-state index contributed by atoms with van der Waals surface area (Å²) in [4.78, 5) is 20.0. The normalized spacial score (nSPS) is 17.6. The van der Waals surface area contributed by atoms with Gasteiger partial charge < -0.3 is 19.0 Å². The summed E-state index contributed by atoms with van der Waals surface area (Å²) in [7, 11) is 0. The molecule has 6 rings (SSSR count). The fourth-order valence-electron chi connectivity index (χ4n) is 6.83. The molecular formula is C34H40N2O5. The van der Waals surface area contributed by atoms with Crippen molar-refractivity contribution in [3.05, 3.63) is 65.2 Å². The van der Waals surface area contributed by atoms with E-state index in [1.807, 2.05) is 30.3 Å². The van der Waals surface area contributed by atoms with Gasteiger partial charge >= 0.3 is 5.97 Å². The molecule has 2 aromatic carbocycles. The molecule has 2 aromatic heterocycles. The zero-order valence-corrected chi connectivity index (χ0v) is 24.2. The van der Waals surface area contributed by atoms with Crippen LogP contribution in [0.25, 0.3) is 21.7 Å². The highest BCUT2D eigenvalue weighted by molar-refractivity contribution is 6.17. The zero-order valence-electron chi connectivity index (χ0n) is 24.2. The number of carbonyl (C=O) groups excluding carboxylic acids is 1. The highest BCUT2D eigenvalue weighted by Gasteiger charge is 2.34. The molecule has 0 bridgehead atoms. The Morgan fingerprint density at radius 1 is 1.05 bits per heavy atom. The van der Waals surface area contributed by atoms with Gasteiger partial charge in [0.1, 0.15) is 28.4 Å². The summed E-state index contributed by atoms with van der Waals surface area (Å²) in [6, 6.07) is 9.51. The number of hydrogen-bond acceptors (Lipinski definition) is 7. The largest absolute Gasteiger partial charge is 0.507 e.